The van der Waals surface area contributed by atoms with Crippen molar-refractivity contribution >= 4 is 17.3 Å². The lowest BCUT2D eigenvalue weighted by Gasteiger charge is -2.10. The minimum atomic E-state index is -0.486. The van der Waals surface area contributed by atoms with Gasteiger partial charge in [0.1, 0.15) is 5.69 Å². The molecule has 6 nitrogen and oxygen atoms in total. The van der Waals surface area contributed by atoms with Crippen molar-refractivity contribution in [2.24, 2.45) is 11.7 Å². The topological polar surface area (TPSA) is 98.3 Å². The molecule has 110 valence electrons. The largest absolute Gasteiger partial charge is 0.330 e. The van der Waals surface area contributed by atoms with Crippen molar-refractivity contribution in [1.29, 1.82) is 0 Å². The molecule has 1 aromatic carbocycles. The Bertz CT molecular complexity index is 489. The van der Waals surface area contributed by atoms with E-state index in [4.69, 9.17) is 5.73 Å². The van der Waals surface area contributed by atoms with Crippen molar-refractivity contribution in [3.05, 3.63) is 33.9 Å². The number of nitrogens with zero attached hydrogens (tertiary/aromatic N) is 1. The average molecular weight is 279 g/mol. The fraction of sp³-hybridized carbons (Fsp3) is 0.500. The zero-order valence-electron chi connectivity index (χ0n) is 11.9. The van der Waals surface area contributed by atoms with Gasteiger partial charge in [-0.3, -0.25) is 14.9 Å². The van der Waals surface area contributed by atoms with Crippen LogP contribution in [0.2, 0.25) is 0 Å². The smallest absolute Gasteiger partial charge is 0.293 e. The Morgan fingerprint density at radius 3 is 2.75 bits per heavy atom. The van der Waals surface area contributed by atoms with Gasteiger partial charge in [0, 0.05) is 12.5 Å². The van der Waals surface area contributed by atoms with Crippen LogP contribution in [-0.4, -0.2) is 17.4 Å². The molecule has 0 aliphatic carbocycles. The lowest BCUT2D eigenvalue weighted by molar-refractivity contribution is -0.384. The van der Waals surface area contributed by atoms with E-state index in [1.54, 1.807) is 19.1 Å². The first-order valence-corrected chi connectivity index (χ1v) is 6.69. The molecule has 0 fully saturated rings. The first kappa shape index (κ1) is 16.1. The van der Waals surface area contributed by atoms with E-state index < -0.39 is 4.92 Å². The second-order valence-electron chi connectivity index (χ2n) is 5.05. The third kappa shape index (κ3) is 4.97. The summed E-state index contributed by atoms with van der Waals surface area (Å²) in [4.78, 5) is 22.3. The number of amides is 1. The summed E-state index contributed by atoms with van der Waals surface area (Å²) >= 11 is 0. The Balaban J connectivity index is 2.64. The van der Waals surface area contributed by atoms with Gasteiger partial charge in [-0.05, 0) is 43.9 Å². The average Bonchev–Trinajstić information content (AvgIpc) is 2.38. The molecular weight excluding hydrogens is 258 g/mol. The van der Waals surface area contributed by atoms with E-state index in [9.17, 15) is 14.9 Å². The normalized spacial score (nSPS) is 11.9. The first-order valence-electron chi connectivity index (χ1n) is 6.69. The van der Waals surface area contributed by atoms with Crippen LogP contribution in [-0.2, 0) is 4.79 Å². The number of aryl methyl sites for hydroxylation is 1. The van der Waals surface area contributed by atoms with Gasteiger partial charge in [0.15, 0.2) is 0 Å². The van der Waals surface area contributed by atoms with Gasteiger partial charge in [-0.25, -0.2) is 0 Å². The molecule has 6 heteroatoms. The van der Waals surface area contributed by atoms with Gasteiger partial charge >= 0.3 is 0 Å². The van der Waals surface area contributed by atoms with Crippen LogP contribution in [0.1, 0.15) is 31.7 Å². The van der Waals surface area contributed by atoms with Gasteiger partial charge in [0.05, 0.1) is 4.92 Å². The number of nitro benzene ring substituents is 1. The SMILES string of the molecule is Cc1ccc(NC(=O)CCC(C)CCN)c([N+](=O)[O-])c1. The molecule has 3 N–H and O–H groups in total. The van der Waals surface area contributed by atoms with Gasteiger partial charge in [-0.15, -0.1) is 0 Å². The molecule has 20 heavy (non-hydrogen) atoms. The van der Waals surface area contributed by atoms with E-state index in [1.807, 2.05) is 6.92 Å². The van der Waals surface area contributed by atoms with Crippen LogP contribution >= 0.6 is 0 Å². The number of rotatable bonds is 7. The zero-order chi connectivity index (χ0) is 15.1. The highest BCUT2D eigenvalue weighted by molar-refractivity contribution is 5.93. The van der Waals surface area contributed by atoms with Gasteiger partial charge in [0.2, 0.25) is 5.91 Å². The predicted octanol–water partition coefficient (Wildman–Crippen LogP) is 2.61. The zero-order valence-corrected chi connectivity index (χ0v) is 11.9. The molecule has 0 spiro atoms. The van der Waals surface area contributed by atoms with Crippen molar-refractivity contribution < 1.29 is 9.72 Å². The highest BCUT2D eigenvalue weighted by Crippen LogP contribution is 2.25. The molecule has 1 unspecified atom stereocenters. The monoisotopic (exact) mass is 279 g/mol. The summed E-state index contributed by atoms with van der Waals surface area (Å²) in [6, 6.07) is 4.75. The minimum Gasteiger partial charge on any atom is -0.330 e. The molecule has 0 bridgehead atoms. The molecule has 0 aliphatic rings. The van der Waals surface area contributed by atoms with Crippen molar-refractivity contribution in [2.45, 2.75) is 33.1 Å². The van der Waals surface area contributed by atoms with E-state index in [2.05, 4.69) is 5.32 Å². The Hall–Kier alpha value is -1.95. The molecule has 0 aromatic heterocycles. The predicted molar refractivity (Wildman–Crippen MR) is 78.5 cm³/mol. The number of nitrogens with one attached hydrogen (secondary N) is 1. The maximum absolute atomic E-state index is 11.8. The van der Waals surface area contributed by atoms with E-state index in [0.717, 1.165) is 18.4 Å². The summed E-state index contributed by atoms with van der Waals surface area (Å²) in [6.07, 6.45) is 1.94. The van der Waals surface area contributed by atoms with Crippen LogP contribution in [0.15, 0.2) is 18.2 Å². The molecule has 0 radical (unpaired) electrons. The number of benzene rings is 1. The number of hydrogen-bond donors (Lipinski definition) is 2. The Morgan fingerprint density at radius 1 is 1.45 bits per heavy atom. The molecule has 1 amide bonds. The third-order valence-corrected chi connectivity index (χ3v) is 3.15. The molecule has 1 aromatic rings. The summed E-state index contributed by atoms with van der Waals surface area (Å²) in [6.45, 7) is 4.41. The summed E-state index contributed by atoms with van der Waals surface area (Å²) < 4.78 is 0. The minimum absolute atomic E-state index is 0.0756. The maximum Gasteiger partial charge on any atom is 0.293 e. The number of nitrogens with two attached hydrogens (primary N) is 1. The van der Waals surface area contributed by atoms with Crippen molar-refractivity contribution in [1.82, 2.24) is 0 Å². The quantitative estimate of drug-likeness (QED) is 0.592. The van der Waals surface area contributed by atoms with Crippen LogP contribution in [0.5, 0.6) is 0 Å². The van der Waals surface area contributed by atoms with Crippen molar-refractivity contribution in [2.75, 3.05) is 11.9 Å². The standard InChI is InChI=1S/C14H21N3O3/c1-10(7-8-15)4-6-14(18)16-12-5-3-11(2)9-13(12)17(19)20/h3,5,9-10H,4,6-8,15H2,1-2H3,(H,16,18). The summed E-state index contributed by atoms with van der Waals surface area (Å²) in [5.74, 6) is 0.166. The summed E-state index contributed by atoms with van der Waals surface area (Å²) in [5.41, 5.74) is 6.41. The Kier molecular flexibility index (Phi) is 6.11. The number of carbonyl (C=O) groups excluding carboxylic acids is 1. The summed E-state index contributed by atoms with van der Waals surface area (Å²) in [5, 5.41) is 13.6. The second-order valence-corrected chi connectivity index (χ2v) is 5.05. The number of carbonyl (C=O) groups is 1. The van der Waals surface area contributed by atoms with Gasteiger partial charge in [-0.1, -0.05) is 13.0 Å². The van der Waals surface area contributed by atoms with Gasteiger partial charge < -0.3 is 11.1 Å². The molecule has 0 heterocycles. The maximum atomic E-state index is 11.8. The highest BCUT2D eigenvalue weighted by atomic mass is 16.6. The van der Waals surface area contributed by atoms with E-state index >= 15 is 0 Å². The van der Waals surface area contributed by atoms with E-state index in [0.29, 0.717) is 18.9 Å². The molecule has 1 atom stereocenters. The van der Waals surface area contributed by atoms with E-state index in [-0.39, 0.29) is 17.3 Å². The van der Waals surface area contributed by atoms with Gasteiger partial charge in [-0.2, -0.15) is 0 Å². The number of nitro groups is 1. The molecule has 1 rings (SSSR count). The Labute approximate surface area is 118 Å². The van der Waals surface area contributed by atoms with Crippen LogP contribution in [0, 0.1) is 23.0 Å². The number of anilines is 1. The second kappa shape index (κ2) is 7.59. The third-order valence-electron chi connectivity index (χ3n) is 3.15. The number of hydrogen-bond acceptors (Lipinski definition) is 4. The Morgan fingerprint density at radius 2 is 2.15 bits per heavy atom. The van der Waals surface area contributed by atoms with Crippen LogP contribution in [0.25, 0.3) is 0 Å². The van der Waals surface area contributed by atoms with Crippen LogP contribution < -0.4 is 11.1 Å². The molecule has 0 saturated heterocycles. The van der Waals surface area contributed by atoms with Crippen LogP contribution in [0.4, 0.5) is 11.4 Å². The van der Waals surface area contributed by atoms with E-state index in [1.165, 1.54) is 6.07 Å². The molecule has 0 aliphatic heterocycles. The fourth-order valence-electron chi connectivity index (χ4n) is 1.92. The van der Waals surface area contributed by atoms with Gasteiger partial charge in [0.25, 0.3) is 5.69 Å². The lowest BCUT2D eigenvalue weighted by Crippen LogP contribution is -2.15. The molecular formula is C14H21N3O3. The van der Waals surface area contributed by atoms with Crippen molar-refractivity contribution in [3.8, 4) is 0 Å². The fourth-order valence-corrected chi connectivity index (χ4v) is 1.92. The van der Waals surface area contributed by atoms with Crippen LogP contribution in [0.3, 0.4) is 0 Å². The molecule has 0 saturated carbocycles. The van der Waals surface area contributed by atoms with Crippen molar-refractivity contribution in [3.63, 3.8) is 0 Å². The lowest BCUT2D eigenvalue weighted by atomic mass is 10.0. The summed E-state index contributed by atoms with van der Waals surface area (Å²) in [7, 11) is 0. The highest BCUT2D eigenvalue weighted by Gasteiger charge is 2.16. The first-order chi connectivity index (χ1) is 9.43.